The number of ether oxygens (including phenoxy) is 1. The van der Waals surface area contributed by atoms with E-state index in [9.17, 15) is 9.59 Å². The molecule has 0 saturated heterocycles. The molecule has 0 fully saturated rings. The minimum atomic E-state index is -0.622. The van der Waals surface area contributed by atoms with E-state index in [1.807, 2.05) is 42.6 Å². The van der Waals surface area contributed by atoms with Crippen molar-refractivity contribution < 1.29 is 13.9 Å². The minimum absolute atomic E-state index is 0.110. The highest BCUT2D eigenvalue weighted by Crippen LogP contribution is 2.22. The fourth-order valence-corrected chi connectivity index (χ4v) is 3.56. The van der Waals surface area contributed by atoms with Crippen LogP contribution >= 0.6 is 11.3 Å². The lowest BCUT2D eigenvalue weighted by atomic mass is 10.2. The average molecular weight is 381 g/mol. The Morgan fingerprint density at radius 3 is 2.78 bits per heavy atom. The van der Waals surface area contributed by atoms with Crippen LogP contribution in [0.5, 0.6) is 0 Å². The number of hydrogen-bond acceptors (Lipinski definition) is 7. The predicted molar refractivity (Wildman–Crippen MR) is 99.9 cm³/mol. The topological polar surface area (TPSA) is 86.7 Å². The number of fused-ring (bicyclic) bond motifs is 1. The van der Waals surface area contributed by atoms with Gasteiger partial charge >= 0.3 is 5.97 Å². The first-order valence-electron chi connectivity index (χ1n) is 8.19. The van der Waals surface area contributed by atoms with Gasteiger partial charge in [-0.25, -0.2) is 14.8 Å². The van der Waals surface area contributed by atoms with Crippen LogP contribution in [0, 0.1) is 13.8 Å². The first-order valence-corrected chi connectivity index (χ1v) is 9.07. The molecule has 27 heavy (non-hydrogen) atoms. The van der Waals surface area contributed by atoms with E-state index in [2.05, 4.69) is 9.97 Å². The van der Waals surface area contributed by atoms with Crippen molar-refractivity contribution in [1.82, 2.24) is 14.4 Å². The van der Waals surface area contributed by atoms with Crippen molar-refractivity contribution in [3.05, 3.63) is 75.0 Å². The second kappa shape index (κ2) is 6.81. The van der Waals surface area contributed by atoms with Crippen LogP contribution in [0.1, 0.15) is 27.6 Å². The molecular weight excluding hydrogens is 366 g/mol. The van der Waals surface area contributed by atoms with Gasteiger partial charge in [0.1, 0.15) is 12.4 Å². The van der Waals surface area contributed by atoms with Crippen LogP contribution in [0.25, 0.3) is 16.4 Å². The molecule has 4 aromatic rings. The summed E-state index contributed by atoms with van der Waals surface area (Å²) in [5, 5.41) is 1.85. The Labute approximate surface area is 157 Å². The van der Waals surface area contributed by atoms with E-state index in [1.54, 1.807) is 6.92 Å². The maximum absolute atomic E-state index is 12.4. The van der Waals surface area contributed by atoms with Crippen molar-refractivity contribution in [2.24, 2.45) is 0 Å². The van der Waals surface area contributed by atoms with Gasteiger partial charge in [-0.15, -0.1) is 11.3 Å². The molecule has 0 atom stereocenters. The SMILES string of the molecule is Cc1oc(-c2ccccc2)nc1C(=O)OCc1cc(=O)n2c(C)csc2n1. The fourth-order valence-electron chi connectivity index (χ4n) is 2.67. The third-order valence-corrected chi connectivity index (χ3v) is 4.93. The molecule has 0 bridgehead atoms. The van der Waals surface area contributed by atoms with Gasteiger partial charge in [0.05, 0.1) is 5.69 Å². The summed E-state index contributed by atoms with van der Waals surface area (Å²) in [6, 6.07) is 10.7. The first kappa shape index (κ1) is 17.2. The molecule has 136 valence electrons. The van der Waals surface area contributed by atoms with Gasteiger partial charge in [0, 0.05) is 22.7 Å². The summed E-state index contributed by atoms with van der Waals surface area (Å²) in [6.45, 7) is 3.37. The zero-order valence-electron chi connectivity index (χ0n) is 14.6. The lowest BCUT2D eigenvalue weighted by molar-refractivity contribution is 0.0459. The van der Waals surface area contributed by atoms with E-state index in [-0.39, 0.29) is 17.9 Å². The highest BCUT2D eigenvalue weighted by atomic mass is 32.1. The van der Waals surface area contributed by atoms with Crippen molar-refractivity contribution in [1.29, 1.82) is 0 Å². The number of benzene rings is 1. The number of thiazole rings is 1. The number of aryl methyl sites for hydroxylation is 2. The normalized spacial score (nSPS) is 11.0. The largest absolute Gasteiger partial charge is 0.454 e. The Morgan fingerprint density at radius 2 is 2.00 bits per heavy atom. The zero-order valence-corrected chi connectivity index (χ0v) is 15.4. The van der Waals surface area contributed by atoms with Gasteiger partial charge in [0.2, 0.25) is 5.89 Å². The third-order valence-electron chi connectivity index (χ3n) is 3.99. The minimum Gasteiger partial charge on any atom is -0.454 e. The molecule has 3 aromatic heterocycles. The van der Waals surface area contributed by atoms with Crippen LogP contribution in [0.2, 0.25) is 0 Å². The van der Waals surface area contributed by atoms with Crippen molar-refractivity contribution in [3.63, 3.8) is 0 Å². The number of nitrogens with zero attached hydrogens (tertiary/aromatic N) is 3. The quantitative estimate of drug-likeness (QED) is 0.504. The maximum atomic E-state index is 12.4. The molecular formula is C19H15N3O4S. The Bertz CT molecular complexity index is 1190. The molecule has 0 aliphatic rings. The Morgan fingerprint density at radius 1 is 1.22 bits per heavy atom. The zero-order chi connectivity index (χ0) is 19.0. The van der Waals surface area contributed by atoms with E-state index in [4.69, 9.17) is 9.15 Å². The van der Waals surface area contributed by atoms with E-state index >= 15 is 0 Å². The van der Waals surface area contributed by atoms with E-state index < -0.39 is 5.97 Å². The number of carbonyl (C=O) groups is 1. The molecule has 1 aromatic carbocycles. The number of hydrogen-bond donors (Lipinski definition) is 0. The number of rotatable bonds is 4. The second-order valence-electron chi connectivity index (χ2n) is 5.95. The highest BCUT2D eigenvalue weighted by Gasteiger charge is 2.20. The molecule has 0 aliphatic carbocycles. The van der Waals surface area contributed by atoms with Gasteiger partial charge in [-0.2, -0.15) is 0 Å². The van der Waals surface area contributed by atoms with E-state index in [0.29, 0.717) is 22.3 Å². The van der Waals surface area contributed by atoms with Crippen molar-refractivity contribution in [2.75, 3.05) is 0 Å². The highest BCUT2D eigenvalue weighted by molar-refractivity contribution is 7.15. The summed E-state index contributed by atoms with van der Waals surface area (Å²) in [7, 11) is 0. The molecule has 0 radical (unpaired) electrons. The van der Waals surface area contributed by atoms with Crippen molar-refractivity contribution in [3.8, 4) is 11.5 Å². The molecule has 7 nitrogen and oxygen atoms in total. The molecule has 3 heterocycles. The van der Waals surface area contributed by atoms with Gasteiger partial charge in [0.25, 0.3) is 5.56 Å². The Hall–Kier alpha value is -3.26. The lowest BCUT2D eigenvalue weighted by Crippen LogP contribution is -2.16. The molecule has 0 unspecified atom stereocenters. The summed E-state index contributed by atoms with van der Waals surface area (Å²) >= 11 is 1.36. The summed E-state index contributed by atoms with van der Waals surface area (Å²) in [4.78, 5) is 33.7. The van der Waals surface area contributed by atoms with Crippen molar-refractivity contribution in [2.45, 2.75) is 20.5 Å². The monoisotopic (exact) mass is 381 g/mol. The second-order valence-corrected chi connectivity index (χ2v) is 6.78. The van der Waals surface area contributed by atoms with Gasteiger partial charge in [-0.3, -0.25) is 9.20 Å². The fraction of sp³-hybridized carbons (Fsp3) is 0.158. The van der Waals surface area contributed by atoms with Gasteiger partial charge in [0.15, 0.2) is 10.7 Å². The van der Waals surface area contributed by atoms with Gasteiger partial charge in [-0.1, -0.05) is 18.2 Å². The molecule has 4 rings (SSSR count). The van der Waals surface area contributed by atoms with Crippen molar-refractivity contribution >= 4 is 22.3 Å². The summed E-state index contributed by atoms with van der Waals surface area (Å²) in [5.74, 6) is 0.103. The van der Waals surface area contributed by atoms with Crippen LogP contribution in [0.15, 0.2) is 51.0 Å². The van der Waals surface area contributed by atoms with E-state index in [0.717, 1.165) is 11.3 Å². The number of carbonyl (C=O) groups excluding carboxylic acids is 1. The predicted octanol–water partition coefficient (Wildman–Crippen LogP) is 3.38. The molecule has 0 N–H and O–H groups in total. The van der Waals surface area contributed by atoms with Gasteiger partial charge in [-0.05, 0) is 26.0 Å². The lowest BCUT2D eigenvalue weighted by Gasteiger charge is -2.03. The molecule has 0 spiro atoms. The molecule has 8 heteroatoms. The standard InChI is InChI=1S/C19H15N3O4S/c1-11-10-27-19-20-14(8-15(23)22(11)19)9-25-18(24)16-12(2)26-17(21-16)13-6-4-3-5-7-13/h3-8,10H,9H2,1-2H3. The maximum Gasteiger partial charge on any atom is 0.361 e. The number of oxazole rings is 1. The smallest absolute Gasteiger partial charge is 0.361 e. The summed E-state index contributed by atoms with van der Waals surface area (Å²) in [5.41, 5.74) is 1.89. The Balaban J connectivity index is 1.53. The number of esters is 1. The molecule has 0 amide bonds. The third kappa shape index (κ3) is 3.26. The van der Waals surface area contributed by atoms with Crippen LogP contribution in [0.3, 0.4) is 0 Å². The van der Waals surface area contributed by atoms with E-state index in [1.165, 1.54) is 21.8 Å². The summed E-state index contributed by atoms with van der Waals surface area (Å²) in [6.07, 6.45) is 0. The van der Waals surface area contributed by atoms with Crippen LogP contribution in [0.4, 0.5) is 0 Å². The summed E-state index contributed by atoms with van der Waals surface area (Å²) < 4.78 is 12.4. The number of aromatic nitrogens is 3. The van der Waals surface area contributed by atoms with Gasteiger partial charge < -0.3 is 9.15 Å². The molecule has 0 saturated carbocycles. The Kier molecular flexibility index (Phi) is 4.33. The first-order chi connectivity index (χ1) is 13.0. The van der Waals surface area contributed by atoms with Crippen LogP contribution < -0.4 is 5.56 Å². The molecule has 0 aliphatic heterocycles. The average Bonchev–Trinajstić information content (AvgIpc) is 3.24. The van der Waals surface area contributed by atoms with Crippen LogP contribution in [-0.2, 0) is 11.3 Å². The van der Waals surface area contributed by atoms with Crippen LogP contribution in [-0.4, -0.2) is 20.3 Å².